The van der Waals surface area contributed by atoms with Crippen LogP contribution >= 0.6 is 0 Å². The first-order valence-corrected chi connectivity index (χ1v) is 10.7. The van der Waals surface area contributed by atoms with E-state index in [0.29, 0.717) is 29.9 Å². The Bertz CT molecular complexity index is 1120. The van der Waals surface area contributed by atoms with Crippen LogP contribution in [0, 0.1) is 0 Å². The van der Waals surface area contributed by atoms with Crippen molar-refractivity contribution in [1.82, 2.24) is 0 Å². The van der Waals surface area contributed by atoms with Crippen LogP contribution in [-0.4, -0.2) is 42.8 Å². The first-order valence-electron chi connectivity index (χ1n) is 10.7. The quantitative estimate of drug-likeness (QED) is 0.499. The summed E-state index contributed by atoms with van der Waals surface area (Å²) in [7, 11) is 4.51. The monoisotopic (exact) mass is 452 g/mol. The second-order valence-corrected chi connectivity index (χ2v) is 8.02. The Morgan fingerprint density at radius 3 is 2.27 bits per heavy atom. The number of aromatic hydroxyl groups is 2. The molecule has 0 amide bonds. The molecule has 0 unspecified atom stereocenters. The van der Waals surface area contributed by atoms with Gasteiger partial charge in [-0.3, -0.25) is 0 Å². The van der Waals surface area contributed by atoms with E-state index < -0.39 is 12.2 Å². The summed E-state index contributed by atoms with van der Waals surface area (Å²) in [6, 6.07) is 14.3. The number of phenolic OH excluding ortho intramolecular Hbond substituents is 2. The van der Waals surface area contributed by atoms with E-state index in [1.54, 1.807) is 31.4 Å². The zero-order valence-electron chi connectivity index (χ0n) is 18.9. The molecule has 0 aliphatic carbocycles. The normalized spacial score (nSPS) is 17.1. The summed E-state index contributed by atoms with van der Waals surface area (Å²) in [5.41, 5.74) is 3.59. The molecule has 1 heterocycles. The molecular weight excluding hydrogens is 424 g/mol. The SMILES string of the molecule is COc1cc(CCc2cccc(O)c2)c2c(c1)O[C@H](c1cc(OC)c(O)c(OC)c1)[C@@H](O)C2. The van der Waals surface area contributed by atoms with Gasteiger partial charge in [0.1, 0.15) is 17.2 Å². The van der Waals surface area contributed by atoms with Crippen molar-refractivity contribution in [2.75, 3.05) is 21.3 Å². The lowest BCUT2D eigenvalue weighted by atomic mass is 9.89. The molecule has 1 aliphatic heterocycles. The average molecular weight is 453 g/mol. The van der Waals surface area contributed by atoms with Crippen molar-refractivity contribution < 1.29 is 34.3 Å². The van der Waals surface area contributed by atoms with Crippen molar-refractivity contribution in [2.45, 2.75) is 31.5 Å². The summed E-state index contributed by atoms with van der Waals surface area (Å²) < 4.78 is 22.3. The number of phenols is 2. The van der Waals surface area contributed by atoms with Gasteiger partial charge in [0.2, 0.25) is 5.75 Å². The highest BCUT2D eigenvalue weighted by Crippen LogP contribution is 2.44. The van der Waals surface area contributed by atoms with E-state index in [1.807, 2.05) is 24.3 Å². The van der Waals surface area contributed by atoms with Crippen LogP contribution in [0.15, 0.2) is 48.5 Å². The predicted molar refractivity (Wildman–Crippen MR) is 123 cm³/mol. The molecule has 3 aromatic carbocycles. The average Bonchev–Trinajstić information content (AvgIpc) is 2.82. The fourth-order valence-corrected chi connectivity index (χ4v) is 4.24. The van der Waals surface area contributed by atoms with E-state index in [2.05, 4.69) is 0 Å². The maximum Gasteiger partial charge on any atom is 0.200 e. The van der Waals surface area contributed by atoms with Crippen molar-refractivity contribution in [3.8, 4) is 34.5 Å². The van der Waals surface area contributed by atoms with Gasteiger partial charge >= 0.3 is 0 Å². The Morgan fingerprint density at radius 2 is 1.64 bits per heavy atom. The number of aliphatic hydroxyl groups is 1. The van der Waals surface area contributed by atoms with Crippen molar-refractivity contribution >= 4 is 0 Å². The minimum atomic E-state index is -0.815. The smallest absolute Gasteiger partial charge is 0.200 e. The van der Waals surface area contributed by atoms with Crippen LogP contribution in [0.2, 0.25) is 0 Å². The fraction of sp³-hybridized carbons (Fsp3) is 0.308. The summed E-state index contributed by atoms with van der Waals surface area (Å²) in [6.45, 7) is 0. The number of methoxy groups -OCH3 is 3. The van der Waals surface area contributed by atoms with Crippen LogP contribution in [0.3, 0.4) is 0 Å². The van der Waals surface area contributed by atoms with E-state index in [4.69, 9.17) is 18.9 Å². The number of benzene rings is 3. The van der Waals surface area contributed by atoms with Gasteiger partial charge in [-0.15, -0.1) is 0 Å². The van der Waals surface area contributed by atoms with Gasteiger partial charge in [-0.25, -0.2) is 0 Å². The zero-order chi connectivity index (χ0) is 23.5. The Balaban J connectivity index is 1.66. The standard InChI is InChI=1S/C26H28O7/c1-30-19-10-16(8-7-15-5-4-6-18(27)9-15)20-14-21(28)26(33-22(20)13-19)17-11-23(31-2)25(29)24(12-17)32-3/h4-6,9-13,21,26-29H,7-8,14H2,1-3H3/t21-,26+/m0/s1. The minimum absolute atomic E-state index is 0.106. The number of hydrogen-bond acceptors (Lipinski definition) is 7. The van der Waals surface area contributed by atoms with Gasteiger partial charge in [0, 0.05) is 23.6 Å². The molecule has 0 fully saturated rings. The number of rotatable bonds is 7. The van der Waals surface area contributed by atoms with E-state index in [1.165, 1.54) is 14.2 Å². The van der Waals surface area contributed by atoms with Gasteiger partial charge in [-0.05, 0) is 54.3 Å². The summed E-state index contributed by atoms with van der Waals surface area (Å²) in [4.78, 5) is 0. The highest BCUT2D eigenvalue weighted by Gasteiger charge is 2.33. The predicted octanol–water partition coefficient (Wildman–Crippen LogP) is 3.95. The fourth-order valence-electron chi connectivity index (χ4n) is 4.24. The van der Waals surface area contributed by atoms with Crippen LogP contribution in [0.4, 0.5) is 0 Å². The van der Waals surface area contributed by atoms with Crippen LogP contribution in [0.25, 0.3) is 0 Å². The summed E-state index contributed by atoms with van der Waals surface area (Å²) in [6.07, 6.45) is 0.325. The van der Waals surface area contributed by atoms with Crippen molar-refractivity contribution in [1.29, 1.82) is 0 Å². The third kappa shape index (κ3) is 4.64. The molecule has 3 N–H and O–H groups in total. The van der Waals surface area contributed by atoms with E-state index in [-0.39, 0.29) is 23.0 Å². The van der Waals surface area contributed by atoms with Crippen LogP contribution in [0.5, 0.6) is 34.5 Å². The molecule has 7 heteroatoms. The minimum Gasteiger partial charge on any atom is -0.508 e. The van der Waals surface area contributed by atoms with Gasteiger partial charge in [-0.1, -0.05) is 12.1 Å². The molecule has 33 heavy (non-hydrogen) atoms. The summed E-state index contributed by atoms with van der Waals surface area (Å²) in [5.74, 6) is 1.91. The largest absolute Gasteiger partial charge is 0.508 e. The Hall–Kier alpha value is -3.58. The van der Waals surface area contributed by atoms with Crippen LogP contribution in [0.1, 0.15) is 28.4 Å². The Kier molecular flexibility index (Phi) is 6.51. The van der Waals surface area contributed by atoms with Crippen molar-refractivity contribution in [3.05, 3.63) is 70.8 Å². The molecular formula is C26H28O7. The van der Waals surface area contributed by atoms with E-state index in [9.17, 15) is 15.3 Å². The number of aliphatic hydroxyl groups excluding tert-OH is 1. The van der Waals surface area contributed by atoms with Gasteiger partial charge in [-0.2, -0.15) is 0 Å². The van der Waals surface area contributed by atoms with Crippen LogP contribution < -0.4 is 18.9 Å². The van der Waals surface area contributed by atoms with E-state index >= 15 is 0 Å². The topological polar surface area (TPSA) is 97.6 Å². The zero-order valence-corrected chi connectivity index (χ0v) is 18.9. The highest BCUT2D eigenvalue weighted by atomic mass is 16.5. The van der Waals surface area contributed by atoms with Gasteiger partial charge in [0.15, 0.2) is 17.6 Å². The molecule has 0 saturated carbocycles. The first-order chi connectivity index (χ1) is 15.9. The van der Waals surface area contributed by atoms with Gasteiger partial charge in [0.25, 0.3) is 0 Å². The first kappa shape index (κ1) is 22.6. The second-order valence-electron chi connectivity index (χ2n) is 8.02. The highest BCUT2D eigenvalue weighted by molar-refractivity contribution is 5.55. The Morgan fingerprint density at radius 1 is 0.909 bits per heavy atom. The van der Waals surface area contributed by atoms with Gasteiger partial charge in [0.05, 0.1) is 27.4 Å². The summed E-state index contributed by atoms with van der Waals surface area (Å²) in [5, 5.41) is 31.0. The molecule has 2 atom stereocenters. The number of ether oxygens (including phenoxy) is 4. The molecule has 0 bridgehead atoms. The summed E-state index contributed by atoms with van der Waals surface area (Å²) >= 11 is 0. The maximum atomic E-state index is 11.0. The molecule has 3 aromatic rings. The number of hydrogen-bond donors (Lipinski definition) is 3. The lowest BCUT2D eigenvalue weighted by Gasteiger charge is -2.33. The second kappa shape index (κ2) is 9.50. The number of aryl methyl sites for hydroxylation is 2. The van der Waals surface area contributed by atoms with Crippen molar-refractivity contribution in [3.63, 3.8) is 0 Å². The van der Waals surface area contributed by atoms with Gasteiger partial charge < -0.3 is 34.3 Å². The van der Waals surface area contributed by atoms with Crippen molar-refractivity contribution in [2.24, 2.45) is 0 Å². The molecule has 0 radical (unpaired) electrons. The maximum absolute atomic E-state index is 11.0. The molecule has 0 saturated heterocycles. The van der Waals surface area contributed by atoms with Crippen LogP contribution in [-0.2, 0) is 19.3 Å². The number of fused-ring (bicyclic) bond motifs is 1. The molecule has 0 aromatic heterocycles. The van der Waals surface area contributed by atoms with E-state index in [0.717, 1.165) is 23.1 Å². The lowest BCUT2D eigenvalue weighted by molar-refractivity contribution is 0.0201. The molecule has 1 aliphatic rings. The molecule has 0 spiro atoms. The molecule has 4 rings (SSSR count). The third-order valence-electron chi connectivity index (χ3n) is 5.95. The molecule has 7 nitrogen and oxygen atoms in total. The lowest BCUT2D eigenvalue weighted by Crippen LogP contribution is -2.31. The Labute approximate surface area is 192 Å². The third-order valence-corrected chi connectivity index (χ3v) is 5.95. The molecule has 174 valence electrons.